The van der Waals surface area contributed by atoms with Crippen LogP contribution >= 0.6 is 23.4 Å². The van der Waals surface area contributed by atoms with Crippen molar-refractivity contribution >= 4 is 52.5 Å². The highest BCUT2D eigenvalue weighted by atomic mass is 35.5. The summed E-state index contributed by atoms with van der Waals surface area (Å²) < 4.78 is 44.8. The maximum atomic E-state index is 13.5. The maximum Gasteiger partial charge on any atom is 0.416 e. The Hall–Kier alpha value is -3.76. The second-order valence-electron chi connectivity index (χ2n) is 8.09. The highest BCUT2D eigenvalue weighted by Gasteiger charge is 2.40. The number of nitrogens with one attached hydrogen (secondary N) is 1. The SMILES string of the molecule is CCCOC(=O)c1ccc(N2C(=O)C(Nc3cccc(C(F)(F)F)c3)=C(Sc3ccc(Cl)cc3)C2=O)cc1. The average Bonchev–Trinajstić information content (AvgIpc) is 3.12. The Morgan fingerprint density at radius 3 is 2.32 bits per heavy atom. The van der Waals surface area contributed by atoms with Crippen molar-refractivity contribution in [2.24, 2.45) is 0 Å². The van der Waals surface area contributed by atoms with Gasteiger partial charge in [0.25, 0.3) is 11.8 Å². The Balaban J connectivity index is 1.68. The lowest BCUT2D eigenvalue weighted by atomic mass is 10.2. The molecule has 4 rings (SSSR count). The quantitative estimate of drug-likeness (QED) is 0.238. The Bertz CT molecular complexity index is 1410. The zero-order valence-electron chi connectivity index (χ0n) is 19.8. The molecule has 0 aliphatic carbocycles. The fraction of sp³-hybridized carbons (Fsp3) is 0.148. The van der Waals surface area contributed by atoms with Gasteiger partial charge in [-0.15, -0.1) is 0 Å². The summed E-state index contributed by atoms with van der Waals surface area (Å²) in [6, 6.07) is 16.6. The van der Waals surface area contributed by atoms with E-state index in [0.717, 1.165) is 28.8 Å². The smallest absolute Gasteiger partial charge is 0.416 e. The van der Waals surface area contributed by atoms with Crippen molar-refractivity contribution in [2.75, 3.05) is 16.8 Å². The van der Waals surface area contributed by atoms with Crippen LogP contribution in [0.2, 0.25) is 5.02 Å². The normalized spacial score (nSPS) is 13.8. The second-order valence-corrected chi connectivity index (χ2v) is 9.61. The summed E-state index contributed by atoms with van der Waals surface area (Å²) in [5.74, 6) is -1.97. The van der Waals surface area contributed by atoms with E-state index in [0.29, 0.717) is 16.3 Å². The molecule has 0 bridgehead atoms. The number of nitrogens with zero attached hydrogens (tertiary/aromatic N) is 1. The molecule has 1 heterocycles. The van der Waals surface area contributed by atoms with Gasteiger partial charge >= 0.3 is 12.1 Å². The molecule has 0 fully saturated rings. The van der Waals surface area contributed by atoms with Gasteiger partial charge in [0.1, 0.15) is 10.6 Å². The zero-order valence-corrected chi connectivity index (χ0v) is 21.4. The average molecular weight is 561 g/mol. The number of rotatable bonds is 8. The van der Waals surface area contributed by atoms with E-state index in [9.17, 15) is 27.6 Å². The summed E-state index contributed by atoms with van der Waals surface area (Å²) in [6.45, 7) is 2.11. The number of halogens is 4. The summed E-state index contributed by atoms with van der Waals surface area (Å²) in [7, 11) is 0. The first-order valence-electron chi connectivity index (χ1n) is 11.4. The van der Waals surface area contributed by atoms with Gasteiger partial charge in [0, 0.05) is 15.6 Å². The van der Waals surface area contributed by atoms with Crippen molar-refractivity contribution in [3.8, 4) is 0 Å². The van der Waals surface area contributed by atoms with Crippen LogP contribution in [0.5, 0.6) is 0 Å². The molecule has 6 nitrogen and oxygen atoms in total. The van der Waals surface area contributed by atoms with Gasteiger partial charge in [-0.3, -0.25) is 9.59 Å². The van der Waals surface area contributed by atoms with Crippen molar-refractivity contribution in [2.45, 2.75) is 24.4 Å². The van der Waals surface area contributed by atoms with Crippen LogP contribution < -0.4 is 10.2 Å². The fourth-order valence-electron chi connectivity index (χ4n) is 3.51. The summed E-state index contributed by atoms with van der Waals surface area (Å²) in [4.78, 5) is 40.5. The van der Waals surface area contributed by atoms with E-state index in [1.807, 2.05) is 6.92 Å². The molecule has 1 aliphatic rings. The van der Waals surface area contributed by atoms with Crippen LogP contribution in [0.3, 0.4) is 0 Å². The van der Waals surface area contributed by atoms with E-state index in [1.54, 1.807) is 24.3 Å². The predicted molar refractivity (Wildman–Crippen MR) is 139 cm³/mol. The number of thioether (sulfide) groups is 1. The molecule has 2 amide bonds. The lowest BCUT2D eigenvalue weighted by Gasteiger charge is -2.16. The number of anilines is 2. The number of amides is 2. The number of carbonyl (C=O) groups is 3. The molecule has 196 valence electrons. The highest BCUT2D eigenvalue weighted by Crippen LogP contribution is 2.39. The summed E-state index contributed by atoms with van der Waals surface area (Å²) in [5, 5.41) is 3.19. The van der Waals surface area contributed by atoms with Gasteiger partial charge in [-0.1, -0.05) is 36.4 Å². The molecular weight excluding hydrogens is 541 g/mol. The van der Waals surface area contributed by atoms with E-state index in [-0.39, 0.29) is 34.1 Å². The van der Waals surface area contributed by atoms with Gasteiger partial charge in [0.2, 0.25) is 0 Å². The summed E-state index contributed by atoms with van der Waals surface area (Å²) >= 11 is 6.92. The molecule has 38 heavy (non-hydrogen) atoms. The van der Waals surface area contributed by atoms with Gasteiger partial charge in [-0.05, 0) is 73.2 Å². The number of hydrogen-bond acceptors (Lipinski definition) is 6. The van der Waals surface area contributed by atoms with Crippen molar-refractivity contribution < 1.29 is 32.3 Å². The number of esters is 1. The van der Waals surface area contributed by atoms with Crippen LogP contribution in [0.15, 0.2) is 88.3 Å². The molecule has 0 spiro atoms. The first-order valence-corrected chi connectivity index (χ1v) is 12.6. The molecule has 0 atom stereocenters. The van der Waals surface area contributed by atoms with E-state index < -0.39 is 29.5 Å². The molecular formula is C27H20ClF3N2O4S. The van der Waals surface area contributed by atoms with Crippen LogP contribution in [0.4, 0.5) is 24.5 Å². The number of ether oxygens (including phenoxy) is 1. The van der Waals surface area contributed by atoms with E-state index in [4.69, 9.17) is 16.3 Å². The molecule has 0 saturated heterocycles. The molecule has 1 aliphatic heterocycles. The molecule has 1 N–H and O–H groups in total. The van der Waals surface area contributed by atoms with Gasteiger partial charge in [-0.25, -0.2) is 9.69 Å². The monoisotopic (exact) mass is 560 g/mol. The molecule has 3 aromatic carbocycles. The molecule has 3 aromatic rings. The van der Waals surface area contributed by atoms with Crippen molar-refractivity contribution in [3.05, 3.63) is 99.5 Å². The highest BCUT2D eigenvalue weighted by molar-refractivity contribution is 8.04. The van der Waals surface area contributed by atoms with Crippen LogP contribution in [0, 0.1) is 0 Å². The Kier molecular flexibility index (Phi) is 8.13. The lowest BCUT2D eigenvalue weighted by molar-refractivity contribution is -0.137. The first-order chi connectivity index (χ1) is 18.1. The minimum absolute atomic E-state index is 0.0128. The summed E-state index contributed by atoms with van der Waals surface area (Å²) in [6.07, 6.45) is -3.93. The van der Waals surface area contributed by atoms with E-state index in [1.165, 1.54) is 36.4 Å². The van der Waals surface area contributed by atoms with Gasteiger partial charge in [0.15, 0.2) is 0 Å². The minimum atomic E-state index is -4.59. The Morgan fingerprint density at radius 1 is 1.00 bits per heavy atom. The lowest BCUT2D eigenvalue weighted by Crippen LogP contribution is -2.32. The third-order valence-corrected chi connectivity index (χ3v) is 6.68. The molecule has 0 saturated carbocycles. The maximum absolute atomic E-state index is 13.5. The fourth-order valence-corrected chi connectivity index (χ4v) is 4.56. The molecule has 0 aromatic heterocycles. The van der Waals surface area contributed by atoms with Gasteiger partial charge in [-0.2, -0.15) is 13.2 Å². The van der Waals surface area contributed by atoms with Crippen LogP contribution in [0.25, 0.3) is 0 Å². The van der Waals surface area contributed by atoms with Crippen molar-refractivity contribution in [1.29, 1.82) is 0 Å². The largest absolute Gasteiger partial charge is 0.462 e. The van der Waals surface area contributed by atoms with Crippen LogP contribution in [-0.4, -0.2) is 24.4 Å². The zero-order chi connectivity index (χ0) is 27.4. The first kappa shape index (κ1) is 27.3. The standard InChI is InChI=1S/C27H20ClF3N2O4S/c1-2-14-37-26(36)16-6-10-20(11-7-16)33-24(34)22(32-19-5-3-4-17(15-19)27(29,30)31)23(25(33)35)38-21-12-8-18(28)9-13-21/h3-13,15,32H,2,14H2,1H3. The molecule has 0 unspecified atom stereocenters. The predicted octanol–water partition coefficient (Wildman–Crippen LogP) is 6.91. The number of benzene rings is 3. The number of hydrogen-bond donors (Lipinski definition) is 1. The molecule has 0 radical (unpaired) electrons. The number of carbonyl (C=O) groups excluding carboxylic acids is 3. The topological polar surface area (TPSA) is 75.7 Å². The number of imide groups is 1. The third kappa shape index (κ3) is 6.03. The summed E-state index contributed by atoms with van der Waals surface area (Å²) in [5.41, 5.74) is -0.676. The van der Waals surface area contributed by atoms with Crippen LogP contribution in [-0.2, 0) is 20.5 Å². The Morgan fingerprint density at radius 2 is 1.68 bits per heavy atom. The van der Waals surface area contributed by atoms with Crippen molar-refractivity contribution in [3.63, 3.8) is 0 Å². The Labute approximate surface area is 225 Å². The number of alkyl halides is 3. The minimum Gasteiger partial charge on any atom is -0.462 e. The van der Waals surface area contributed by atoms with Gasteiger partial charge < -0.3 is 10.1 Å². The second kappa shape index (κ2) is 11.3. The van der Waals surface area contributed by atoms with Gasteiger partial charge in [0.05, 0.1) is 23.4 Å². The third-order valence-electron chi connectivity index (χ3n) is 5.33. The van der Waals surface area contributed by atoms with Crippen molar-refractivity contribution in [1.82, 2.24) is 0 Å². The van der Waals surface area contributed by atoms with E-state index in [2.05, 4.69) is 5.32 Å². The molecule has 11 heteroatoms. The van der Waals surface area contributed by atoms with E-state index >= 15 is 0 Å². The van der Waals surface area contributed by atoms with Crippen LogP contribution in [0.1, 0.15) is 29.3 Å².